The Hall–Kier alpha value is -1.58. The number of rotatable bonds is 7. The van der Waals surface area contributed by atoms with E-state index >= 15 is 0 Å². The summed E-state index contributed by atoms with van der Waals surface area (Å²) in [5.41, 5.74) is 10.7. The highest BCUT2D eigenvalue weighted by molar-refractivity contribution is 5.40. The van der Waals surface area contributed by atoms with Gasteiger partial charge in [0.15, 0.2) is 0 Å². The molecule has 1 heterocycles. The smallest absolute Gasteiger partial charge is 0.0455 e. The minimum absolute atomic E-state index is 0.782. The van der Waals surface area contributed by atoms with E-state index in [2.05, 4.69) is 60.1 Å². The van der Waals surface area contributed by atoms with Crippen molar-refractivity contribution in [3.05, 3.63) is 53.3 Å². The molecule has 0 aliphatic rings. The van der Waals surface area contributed by atoms with Crippen LogP contribution >= 0.6 is 0 Å². The van der Waals surface area contributed by atoms with Crippen molar-refractivity contribution in [1.29, 1.82) is 0 Å². The predicted octanol–water partition coefficient (Wildman–Crippen LogP) is 2.92. The van der Waals surface area contributed by atoms with E-state index in [1.54, 1.807) is 0 Å². The van der Waals surface area contributed by atoms with Crippen LogP contribution in [0, 0.1) is 13.8 Å². The summed E-state index contributed by atoms with van der Waals surface area (Å²) in [6.45, 7) is 7.10. The number of aryl methyl sites for hydroxylation is 1. The minimum atomic E-state index is 0.782. The first-order chi connectivity index (χ1) is 9.74. The fourth-order valence-electron chi connectivity index (χ4n) is 2.60. The summed E-state index contributed by atoms with van der Waals surface area (Å²) >= 11 is 0. The fourth-order valence-corrected chi connectivity index (χ4v) is 2.60. The molecule has 3 N–H and O–H groups in total. The third-order valence-corrected chi connectivity index (χ3v) is 3.67. The van der Waals surface area contributed by atoms with Gasteiger partial charge >= 0.3 is 0 Å². The Morgan fingerprint density at radius 2 is 1.85 bits per heavy atom. The van der Waals surface area contributed by atoms with Gasteiger partial charge < -0.3 is 15.6 Å². The number of aromatic nitrogens is 1. The highest BCUT2D eigenvalue weighted by atomic mass is 15.0. The van der Waals surface area contributed by atoms with E-state index in [-0.39, 0.29) is 0 Å². The molecule has 0 atom stereocenters. The normalized spacial score (nSPS) is 10.9. The van der Waals surface area contributed by atoms with E-state index in [0.717, 1.165) is 32.5 Å². The number of unbranched alkanes of at least 4 members (excludes halogenated alkanes) is 1. The van der Waals surface area contributed by atoms with Gasteiger partial charge in [-0.05, 0) is 63.5 Å². The average Bonchev–Trinajstić information content (AvgIpc) is 2.74. The highest BCUT2D eigenvalue weighted by Crippen LogP contribution is 2.20. The van der Waals surface area contributed by atoms with E-state index in [1.807, 2.05) is 0 Å². The Balaban J connectivity index is 2.06. The van der Waals surface area contributed by atoms with Crippen molar-refractivity contribution >= 4 is 0 Å². The van der Waals surface area contributed by atoms with Crippen LogP contribution in [0.25, 0.3) is 5.69 Å². The monoisotopic (exact) mass is 271 g/mol. The third kappa shape index (κ3) is 3.50. The van der Waals surface area contributed by atoms with Crippen LogP contribution in [-0.4, -0.2) is 17.7 Å². The van der Waals surface area contributed by atoms with Gasteiger partial charge in [0.2, 0.25) is 0 Å². The molecule has 1 aromatic heterocycles. The summed E-state index contributed by atoms with van der Waals surface area (Å²) in [5.74, 6) is 0. The Morgan fingerprint density at radius 1 is 1.10 bits per heavy atom. The van der Waals surface area contributed by atoms with E-state index in [4.69, 9.17) is 5.73 Å². The number of hydrogen-bond donors (Lipinski definition) is 2. The number of benzene rings is 1. The largest absolute Gasteiger partial charge is 0.330 e. The Bertz CT molecular complexity index is 529. The lowest BCUT2D eigenvalue weighted by Gasteiger charge is -2.10. The van der Waals surface area contributed by atoms with Crippen LogP contribution in [0.1, 0.15) is 29.8 Å². The molecule has 0 radical (unpaired) electrons. The summed E-state index contributed by atoms with van der Waals surface area (Å²) in [5, 5.41) is 3.50. The first-order valence-electron chi connectivity index (χ1n) is 7.38. The molecule has 2 aromatic rings. The zero-order valence-corrected chi connectivity index (χ0v) is 12.5. The molecule has 0 bridgehead atoms. The molecule has 3 nitrogen and oxygen atoms in total. The molecule has 2 rings (SSSR count). The lowest BCUT2D eigenvalue weighted by molar-refractivity contribution is 0.626. The second-order valence-corrected chi connectivity index (χ2v) is 5.24. The lowest BCUT2D eigenvalue weighted by atomic mass is 10.2. The quantitative estimate of drug-likeness (QED) is 0.760. The van der Waals surface area contributed by atoms with Crippen molar-refractivity contribution in [3.8, 4) is 5.69 Å². The van der Waals surface area contributed by atoms with Crippen LogP contribution < -0.4 is 11.1 Å². The maximum Gasteiger partial charge on any atom is 0.0455 e. The average molecular weight is 271 g/mol. The number of hydrogen-bond acceptors (Lipinski definition) is 2. The van der Waals surface area contributed by atoms with Crippen molar-refractivity contribution in [2.45, 2.75) is 33.2 Å². The molecule has 1 aromatic carbocycles. The zero-order valence-electron chi connectivity index (χ0n) is 12.5. The maximum atomic E-state index is 5.50. The summed E-state index contributed by atoms with van der Waals surface area (Å²) < 4.78 is 2.32. The van der Waals surface area contributed by atoms with Gasteiger partial charge in [-0.2, -0.15) is 0 Å². The van der Waals surface area contributed by atoms with Crippen molar-refractivity contribution in [2.24, 2.45) is 5.73 Å². The molecular weight excluding hydrogens is 246 g/mol. The number of nitrogens with zero attached hydrogens (tertiary/aromatic N) is 1. The van der Waals surface area contributed by atoms with Gasteiger partial charge in [0.1, 0.15) is 0 Å². The number of nitrogens with one attached hydrogen (secondary N) is 1. The van der Waals surface area contributed by atoms with Crippen LogP contribution in [0.15, 0.2) is 36.4 Å². The van der Waals surface area contributed by atoms with Gasteiger partial charge in [0, 0.05) is 23.6 Å². The van der Waals surface area contributed by atoms with Crippen molar-refractivity contribution in [3.63, 3.8) is 0 Å². The van der Waals surface area contributed by atoms with Gasteiger partial charge in [0.05, 0.1) is 0 Å². The Labute approximate surface area is 121 Å². The van der Waals surface area contributed by atoms with Crippen molar-refractivity contribution in [2.75, 3.05) is 13.1 Å². The SMILES string of the molecule is Cc1cc(CNCCCCN)c(C)n1-c1ccccc1. The molecule has 0 amide bonds. The summed E-state index contributed by atoms with van der Waals surface area (Å²) in [6, 6.07) is 12.8. The number of para-hydroxylation sites is 1. The first kappa shape index (κ1) is 14.8. The van der Waals surface area contributed by atoms with Crippen LogP contribution in [-0.2, 0) is 6.54 Å². The van der Waals surface area contributed by atoms with Crippen LogP contribution in [0.5, 0.6) is 0 Å². The molecule has 0 fully saturated rings. The van der Waals surface area contributed by atoms with Gasteiger partial charge in [-0.25, -0.2) is 0 Å². The Kier molecular flexibility index (Phi) is 5.39. The Morgan fingerprint density at radius 3 is 2.55 bits per heavy atom. The van der Waals surface area contributed by atoms with Gasteiger partial charge in [-0.1, -0.05) is 18.2 Å². The highest BCUT2D eigenvalue weighted by Gasteiger charge is 2.09. The fraction of sp³-hybridized carbons (Fsp3) is 0.412. The molecule has 108 valence electrons. The van der Waals surface area contributed by atoms with Crippen LogP contribution in [0.3, 0.4) is 0 Å². The maximum absolute atomic E-state index is 5.50. The first-order valence-corrected chi connectivity index (χ1v) is 7.38. The van der Waals surface area contributed by atoms with Crippen LogP contribution in [0.4, 0.5) is 0 Å². The zero-order chi connectivity index (χ0) is 14.4. The van der Waals surface area contributed by atoms with E-state index in [1.165, 1.54) is 22.6 Å². The topological polar surface area (TPSA) is 43.0 Å². The molecule has 0 saturated heterocycles. The molecular formula is C17H25N3. The summed E-state index contributed by atoms with van der Waals surface area (Å²) in [4.78, 5) is 0. The van der Waals surface area contributed by atoms with E-state index in [0.29, 0.717) is 0 Å². The molecule has 3 heteroatoms. The van der Waals surface area contributed by atoms with Gasteiger partial charge in [-0.3, -0.25) is 0 Å². The lowest BCUT2D eigenvalue weighted by Crippen LogP contribution is -2.16. The van der Waals surface area contributed by atoms with Gasteiger partial charge in [-0.15, -0.1) is 0 Å². The molecule has 0 saturated carbocycles. The van der Waals surface area contributed by atoms with Crippen LogP contribution in [0.2, 0.25) is 0 Å². The summed E-state index contributed by atoms with van der Waals surface area (Å²) in [7, 11) is 0. The third-order valence-electron chi connectivity index (χ3n) is 3.67. The predicted molar refractivity (Wildman–Crippen MR) is 85.2 cm³/mol. The number of nitrogens with two attached hydrogens (primary N) is 1. The van der Waals surface area contributed by atoms with Gasteiger partial charge in [0.25, 0.3) is 0 Å². The molecule has 0 aliphatic carbocycles. The molecule has 0 unspecified atom stereocenters. The second kappa shape index (κ2) is 7.27. The minimum Gasteiger partial charge on any atom is -0.330 e. The summed E-state index contributed by atoms with van der Waals surface area (Å²) in [6.07, 6.45) is 2.24. The van der Waals surface area contributed by atoms with Crippen molar-refractivity contribution < 1.29 is 0 Å². The van der Waals surface area contributed by atoms with Crippen molar-refractivity contribution in [1.82, 2.24) is 9.88 Å². The molecule has 20 heavy (non-hydrogen) atoms. The second-order valence-electron chi connectivity index (χ2n) is 5.24. The van der Waals surface area contributed by atoms with E-state index in [9.17, 15) is 0 Å². The van der Waals surface area contributed by atoms with E-state index < -0.39 is 0 Å². The molecule has 0 aliphatic heterocycles. The molecule has 0 spiro atoms. The standard InChI is InChI=1S/C17H25N3/c1-14-12-16(13-19-11-7-6-10-18)15(2)20(14)17-8-4-3-5-9-17/h3-5,8-9,12,19H,6-7,10-11,13,18H2,1-2H3.